The van der Waals surface area contributed by atoms with Gasteiger partial charge in [0.15, 0.2) is 5.82 Å². The Kier molecular flexibility index (Phi) is 2.81. The number of anilines is 1. The summed E-state index contributed by atoms with van der Waals surface area (Å²) in [6, 6.07) is 3.80. The van der Waals surface area contributed by atoms with Crippen LogP contribution in [0.4, 0.5) is 10.1 Å². The van der Waals surface area contributed by atoms with Crippen molar-refractivity contribution >= 4 is 17.6 Å². The lowest BCUT2D eigenvalue weighted by atomic mass is 10.1. The fraction of sp³-hybridized carbons (Fsp3) is 0.273. The maximum absolute atomic E-state index is 13.8. The number of nitrogens with zero attached hydrogens (tertiary/aromatic N) is 1. The number of aliphatic hydroxyl groups excluding tert-OH is 1. The molecule has 2 rings (SSSR count). The van der Waals surface area contributed by atoms with Gasteiger partial charge in [0, 0.05) is 0 Å². The summed E-state index contributed by atoms with van der Waals surface area (Å²) in [6.45, 7) is -0.0151. The first-order valence-corrected chi connectivity index (χ1v) is 5.01. The number of carboxylic acid groups (broad SMARTS) is 1. The van der Waals surface area contributed by atoms with E-state index in [0.29, 0.717) is 0 Å². The van der Waals surface area contributed by atoms with Crippen LogP contribution in [-0.4, -0.2) is 34.7 Å². The zero-order chi connectivity index (χ0) is 12.6. The van der Waals surface area contributed by atoms with Crippen molar-refractivity contribution in [3.63, 3.8) is 0 Å². The first kappa shape index (κ1) is 11.5. The summed E-state index contributed by atoms with van der Waals surface area (Å²) < 4.78 is 13.8. The summed E-state index contributed by atoms with van der Waals surface area (Å²) in [5.74, 6) is -2.77. The molecule has 0 bridgehead atoms. The minimum Gasteiger partial charge on any atom is -0.478 e. The van der Waals surface area contributed by atoms with Gasteiger partial charge in [-0.25, -0.2) is 9.18 Å². The second-order valence-electron chi connectivity index (χ2n) is 3.81. The Morgan fingerprint density at radius 1 is 1.47 bits per heavy atom. The fourth-order valence-electron chi connectivity index (χ4n) is 1.81. The molecule has 1 heterocycles. The van der Waals surface area contributed by atoms with Crippen molar-refractivity contribution in [3.8, 4) is 0 Å². The lowest BCUT2D eigenvalue weighted by Crippen LogP contribution is -2.26. The number of carbonyl (C=O) groups excluding carboxylic acids is 1. The van der Waals surface area contributed by atoms with Crippen LogP contribution in [0.1, 0.15) is 16.8 Å². The molecule has 2 N–H and O–H groups in total. The standard InChI is InChI=1S/C11H10FNO4/c12-10-7(11(16)17)2-1-3-8(10)13-5-6(14)4-9(13)15/h1-3,6,14H,4-5H2,(H,16,17). The van der Waals surface area contributed by atoms with Gasteiger partial charge in [0.25, 0.3) is 0 Å². The van der Waals surface area contributed by atoms with Gasteiger partial charge in [-0.15, -0.1) is 0 Å². The van der Waals surface area contributed by atoms with Crippen molar-refractivity contribution in [2.24, 2.45) is 0 Å². The average Bonchev–Trinajstić information content (AvgIpc) is 2.57. The van der Waals surface area contributed by atoms with Gasteiger partial charge in [-0.05, 0) is 12.1 Å². The van der Waals surface area contributed by atoms with E-state index in [9.17, 15) is 19.1 Å². The molecule has 1 unspecified atom stereocenters. The number of halogens is 1. The minimum atomic E-state index is -1.39. The zero-order valence-electron chi connectivity index (χ0n) is 8.76. The van der Waals surface area contributed by atoms with Crippen LogP contribution >= 0.6 is 0 Å². The summed E-state index contributed by atoms with van der Waals surface area (Å²) in [4.78, 5) is 23.3. The molecule has 1 aliphatic rings. The van der Waals surface area contributed by atoms with Crippen LogP contribution in [0, 0.1) is 5.82 Å². The Morgan fingerprint density at radius 2 is 2.18 bits per heavy atom. The van der Waals surface area contributed by atoms with Gasteiger partial charge in [0.2, 0.25) is 5.91 Å². The number of carboxylic acids is 1. The highest BCUT2D eigenvalue weighted by Crippen LogP contribution is 2.26. The normalized spacial score (nSPS) is 19.8. The van der Waals surface area contributed by atoms with Crippen molar-refractivity contribution in [1.82, 2.24) is 0 Å². The molecule has 1 saturated heterocycles. The molecule has 1 fully saturated rings. The fourth-order valence-corrected chi connectivity index (χ4v) is 1.81. The molecule has 90 valence electrons. The first-order valence-electron chi connectivity index (χ1n) is 5.01. The Hall–Kier alpha value is -1.95. The van der Waals surface area contributed by atoms with Crippen LogP contribution in [0.5, 0.6) is 0 Å². The molecule has 1 atom stereocenters. The third-order valence-corrected chi connectivity index (χ3v) is 2.60. The van der Waals surface area contributed by atoms with E-state index in [1.54, 1.807) is 0 Å². The van der Waals surface area contributed by atoms with Crippen LogP contribution in [0.3, 0.4) is 0 Å². The van der Waals surface area contributed by atoms with E-state index in [1.807, 2.05) is 0 Å². The Balaban J connectivity index is 2.43. The zero-order valence-corrected chi connectivity index (χ0v) is 8.76. The highest BCUT2D eigenvalue weighted by molar-refractivity contribution is 5.98. The second kappa shape index (κ2) is 4.14. The molecule has 0 aliphatic carbocycles. The van der Waals surface area contributed by atoms with Gasteiger partial charge in [-0.1, -0.05) is 6.07 Å². The van der Waals surface area contributed by atoms with Gasteiger partial charge in [-0.2, -0.15) is 0 Å². The van der Waals surface area contributed by atoms with Crippen LogP contribution < -0.4 is 4.90 Å². The Labute approximate surface area is 96.1 Å². The number of benzene rings is 1. The van der Waals surface area contributed by atoms with Gasteiger partial charge >= 0.3 is 5.97 Å². The van der Waals surface area contributed by atoms with E-state index in [1.165, 1.54) is 12.1 Å². The third-order valence-electron chi connectivity index (χ3n) is 2.60. The Bertz CT molecular complexity index is 488. The number of aliphatic hydroxyl groups is 1. The van der Waals surface area contributed by atoms with Crippen molar-refractivity contribution in [3.05, 3.63) is 29.6 Å². The minimum absolute atomic E-state index is 0.0151. The molecule has 6 heteroatoms. The quantitative estimate of drug-likeness (QED) is 0.793. The van der Waals surface area contributed by atoms with Crippen LogP contribution in [0.15, 0.2) is 18.2 Å². The third kappa shape index (κ3) is 1.99. The highest BCUT2D eigenvalue weighted by atomic mass is 19.1. The van der Waals surface area contributed by atoms with Gasteiger partial charge in [-0.3, -0.25) is 4.79 Å². The molecule has 1 amide bonds. The molecule has 17 heavy (non-hydrogen) atoms. The van der Waals surface area contributed by atoms with Gasteiger partial charge in [0.05, 0.1) is 30.3 Å². The summed E-state index contributed by atoms with van der Waals surface area (Å²) in [6.07, 6.45) is -0.910. The molecule has 1 aliphatic heterocycles. The SMILES string of the molecule is O=C(O)c1cccc(N2CC(O)CC2=O)c1F. The van der Waals surface area contributed by atoms with Crippen LogP contribution in [0.25, 0.3) is 0 Å². The maximum atomic E-state index is 13.8. The summed E-state index contributed by atoms with van der Waals surface area (Å²) >= 11 is 0. The van der Waals surface area contributed by atoms with E-state index in [-0.39, 0.29) is 18.7 Å². The monoisotopic (exact) mass is 239 g/mol. The number of amides is 1. The first-order chi connectivity index (χ1) is 8.00. The molecule has 0 spiro atoms. The molecule has 1 aromatic carbocycles. The van der Waals surface area contributed by atoms with Crippen molar-refractivity contribution < 1.29 is 24.2 Å². The molecule has 5 nitrogen and oxygen atoms in total. The smallest absolute Gasteiger partial charge is 0.338 e. The maximum Gasteiger partial charge on any atom is 0.338 e. The number of carbonyl (C=O) groups is 2. The predicted octanol–water partition coefficient (Wildman–Crippen LogP) is 0.621. The van der Waals surface area contributed by atoms with Crippen LogP contribution in [0.2, 0.25) is 0 Å². The second-order valence-corrected chi connectivity index (χ2v) is 3.81. The van der Waals surface area contributed by atoms with Gasteiger partial charge in [0.1, 0.15) is 0 Å². The topological polar surface area (TPSA) is 77.8 Å². The van der Waals surface area contributed by atoms with Gasteiger partial charge < -0.3 is 15.1 Å². The molecular weight excluding hydrogens is 229 g/mol. The van der Waals surface area contributed by atoms with E-state index in [2.05, 4.69) is 0 Å². The lowest BCUT2D eigenvalue weighted by Gasteiger charge is -2.17. The molecule has 0 aromatic heterocycles. The number of rotatable bonds is 2. The molecule has 0 radical (unpaired) electrons. The van der Waals surface area contributed by atoms with Crippen molar-refractivity contribution in [2.45, 2.75) is 12.5 Å². The number of β-amino-alcohol motifs (C(OH)–C–C–N with tert-alkyl or cyclic N) is 1. The predicted molar refractivity (Wildman–Crippen MR) is 56.3 cm³/mol. The number of hydrogen-bond donors (Lipinski definition) is 2. The van der Waals surface area contributed by atoms with E-state index >= 15 is 0 Å². The number of hydrogen-bond acceptors (Lipinski definition) is 3. The van der Waals surface area contributed by atoms with Crippen LogP contribution in [-0.2, 0) is 4.79 Å². The molecule has 0 saturated carbocycles. The summed E-state index contributed by atoms with van der Waals surface area (Å²) in [5.41, 5.74) is -0.594. The largest absolute Gasteiger partial charge is 0.478 e. The van der Waals surface area contributed by atoms with E-state index in [4.69, 9.17) is 5.11 Å². The van der Waals surface area contributed by atoms with Crippen molar-refractivity contribution in [2.75, 3.05) is 11.4 Å². The highest BCUT2D eigenvalue weighted by Gasteiger charge is 2.31. The lowest BCUT2D eigenvalue weighted by molar-refractivity contribution is -0.117. The average molecular weight is 239 g/mol. The summed E-state index contributed by atoms with van der Waals surface area (Å²) in [7, 11) is 0. The van der Waals surface area contributed by atoms with E-state index in [0.717, 1.165) is 11.0 Å². The number of aromatic carboxylic acids is 1. The Morgan fingerprint density at radius 3 is 2.71 bits per heavy atom. The van der Waals surface area contributed by atoms with E-state index < -0.39 is 29.4 Å². The molecule has 1 aromatic rings. The summed E-state index contributed by atoms with van der Waals surface area (Å²) in [5, 5.41) is 18.1. The molecular formula is C11H10FNO4. The van der Waals surface area contributed by atoms with Crippen molar-refractivity contribution in [1.29, 1.82) is 0 Å².